The number of aromatic nitrogens is 1. The first-order valence-electron chi connectivity index (χ1n) is 11.1. The summed E-state index contributed by atoms with van der Waals surface area (Å²) in [6.45, 7) is 3.61. The zero-order chi connectivity index (χ0) is 26.2. The Morgan fingerprint density at radius 3 is 2.39 bits per heavy atom. The number of rotatable bonds is 9. The monoisotopic (exact) mass is 493 g/mol. The highest BCUT2D eigenvalue weighted by Gasteiger charge is 2.18. The summed E-state index contributed by atoms with van der Waals surface area (Å²) in [4.78, 5) is 48.7. The van der Waals surface area contributed by atoms with Gasteiger partial charge in [-0.15, -0.1) is 0 Å². The number of carbonyl (C=O) groups excluding carboxylic acids is 3. The molecule has 1 aromatic heterocycles. The molecule has 0 atom stereocenters. The molecule has 0 fully saturated rings. The molecule has 0 spiro atoms. The number of nitrogens with zero attached hydrogens (tertiary/aromatic N) is 1. The predicted molar refractivity (Wildman–Crippen MR) is 132 cm³/mol. The number of halogens is 1. The molecule has 1 heterocycles. The summed E-state index contributed by atoms with van der Waals surface area (Å²) >= 11 is 0. The summed E-state index contributed by atoms with van der Waals surface area (Å²) in [7, 11) is 0. The number of ether oxygens (including phenoxy) is 2. The van der Waals surface area contributed by atoms with Crippen LogP contribution in [-0.2, 0) is 30.4 Å². The molecule has 0 radical (unpaired) electrons. The van der Waals surface area contributed by atoms with Crippen LogP contribution in [0.5, 0.6) is 0 Å². The number of esters is 2. The van der Waals surface area contributed by atoms with Crippen LogP contribution in [0, 0.1) is 5.82 Å². The highest BCUT2D eigenvalue weighted by Crippen LogP contribution is 2.20. The zero-order valence-electron chi connectivity index (χ0n) is 19.7. The summed E-state index contributed by atoms with van der Waals surface area (Å²) in [6.07, 6.45) is 4.69. The second-order valence-corrected chi connectivity index (χ2v) is 7.60. The van der Waals surface area contributed by atoms with E-state index >= 15 is 0 Å². The summed E-state index contributed by atoms with van der Waals surface area (Å²) in [6, 6.07) is 10.6. The number of aliphatic hydroxyl groups is 1. The van der Waals surface area contributed by atoms with E-state index in [4.69, 9.17) is 4.74 Å². The lowest BCUT2D eigenvalue weighted by molar-refractivity contribution is -0.151. The Balaban J connectivity index is 2.14. The van der Waals surface area contributed by atoms with E-state index in [1.165, 1.54) is 43.5 Å². The van der Waals surface area contributed by atoms with Crippen LogP contribution in [0.25, 0.3) is 22.7 Å². The molecule has 36 heavy (non-hydrogen) atoms. The van der Waals surface area contributed by atoms with E-state index in [2.05, 4.69) is 4.74 Å². The van der Waals surface area contributed by atoms with Gasteiger partial charge in [0.15, 0.2) is 5.43 Å². The number of ketones is 1. The van der Waals surface area contributed by atoms with Crippen molar-refractivity contribution in [3.05, 3.63) is 93.5 Å². The van der Waals surface area contributed by atoms with Crippen LogP contribution in [0.3, 0.4) is 0 Å². The number of hydrogen-bond acceptors (Lipinski definition) is 7. The third-order valence-corrected chi connectivity index (χ3v) is 5.09. The number of pyridine rings is 1. The fraction of sp³-hybridized carbons (Fsp3) is 0.185. The van der Waals surface area contributed by atoms with Crippen molar-refractivity contribution >= 4 is 40.5 Å². The van der Waals surface area contributed by atoms with E-state index in [9.17, 15) is 28.7 Å². The lowest BCUT2D eigenvalue weighted by Gasteiger charge is -2.14. The third-order valence-electron chi connectivity index (χ3n) is 5.09. The third kappa shape index (κ3) is 6.32. The summed E-state index contributed by atoms with van der Waals surface area (Å²) in [5.74, 6) is -3.94. The first-order chi connectivity index (χ1) is 17.2. The van der Waals surface area contributed by atoms with Crippen molar-refractivity contribution in [2.75, 3.05) is 13.2 Å². The number of benzene rings is 2. The molecule has 1 N–H and O–H groups in total. The van der Waals surface area contributed by atoms with Crippen LogP contribution in [0.2, 0.25) is 0 Å². The van der Waals surface area contributed by atoms with E-state index in [-0.39, 0.29) is 30.7 Å². The molecule has 0 bridgehead atoms. The van der Waals surface area contributed by atoms with E-state index in [1.807, 2.05) is 0 Å². The van der Waals surface area contributed by atoms with Crippen molar-refractivity contribution in [1.29, 1.82) is 0 Å². The summed E-state index contributed by atoms with van der Waals surface area (Å²) in [5, 5.41) is 10.8. The fourth-order valence-electron chi connectivity index (χ4n) is 3.44. The number of hydrogen-bond donors (Lipinski definition) is 1. The molecule has 3 rings (SSSR count). The quantitative estimate of drug-likeness (QED) is 0.209. The van der Waals surface area contributed by atoms with Crippen molar-refractivity contribution in [2.24, 2.45) is 0 Å². The maximum atomic E-state index is 13.4. The lowest BCUT2D eigenvalue weighted by Crippen LogP contribution is -2.18. The molecule has 0 saturated carbocycles. The lowest BCUT2D eigenvalue weighted by atomic mass is 10.1. The van der Waals surface area contributed by atoms with Gasteiger partial charge in [-0.3, -0.25) is 9.59 Å². The number of carbonyl (C=O) groups is 3. The Morgan fingerprint density at radius 2 is 1.72 bits per heavy atom. The molecule has 0 aliphatic rings. The Morgan fingerprint density at radius 1 is 1.03 bits per heavy atom. The van der Waals surface area contributed by atoms with Crippen molar-refractivity contribution in [3.8, 4) is 0 Å². The van der Waals surface area contributed by atoms with E-state index in [0.29, 0.717) is 22.7 Å². The van der Waals surface area contributed by atoms with Crippen LogP contribution in [0.15, 0.2) is 65.6 Å². The van der Waals surface area contributed by atoms with Crippen LogP contribution < -0.4 is 5.43 Å². The maximum absolute atomic E-state index is 13.4. The van der Waals surface area contributed by atoms with Gasteiger partial charge in [0, 0.05) is 30.3 Å². The maximum Gasteiger partial charge on any atom is 0.379 e. The highest BCUT2D eigenvalue weighted by atomic mass is 19.1. The minimum atomic E-state index is -1.16. The molecule has 0 aliphatic carbocycles. The van der Waals surface area contributed by atoms with Crippen LogP contribution in [-0.4, -0.2) is 40.6 Å². The van der Waals surface area contributed by atoms with Crippen molar-refractivity contribution in [3.63, 3.8) is 0 Å². The van der Waals surface area contributed by atoms with Gasteiger partial charge in [0.05, 0.1) is 24.3 Å². The topological polar surface area (TPSA) is 112 Å². The number of aliphatic hydroxyl groups excluding tert-OH is 1. The van der Waals surface area contributed by atoms with Gasteiger partial charge in [-0.25, -0.2) is 14.0 Å². The van der Waals surface area contributed by atoms with Gasteiger partial charge in [0.1, 0.15) is 11.6 Å². The normalized spacial score (nSPS) is 11.6. The Labute approximate surface area is 205 Å². The minimum Gasteiger partial charge on any atom is -0.507 e. The average molecular weight is 493 g/mol. The molecule has 0 unspecified atom stereocenters. The first-order valence-corrected chi connectivity index (χ1v) is 11.1. The van der Waals surface area contributed by atoms with Gasteiger partial charge in [-0.1, -0.05) is 18.2 Å². The van der Waals surface area contributed by atoms with Crippen molar-refractivity contribution in [1.82, 2.24) is 4.57 Å². The van der Waals surface area contributed by atoms with E-state index in [0.717, 1.165) is 0 Å². The predicted octanol–water partition coefficient (Wildman–Crippen LogP) is 3.80. The zero-order valence-corrected chi connectivity index (χ0v) is 19.7. The van der Waals surface area contributed by atoms with Crippen molar-refractivity contribution < 1.29 is 33.4 Å². The van der Waals surface area contributed by atoms with Crippen LogP contribution in [0.4, 0.5) is 4.39 Å². The van der Waals surface area contributed by atoms with Gasteiger partial charge >= 0.3 is 11.9 Å². The molecule has 9 heteroatoms. The first kappa shape index (κ1) is 26.1. The molecule has 2 aromatic carbocycles. The minimum absolute atomic E-state index is 0.0261. The van der Waals surface area contributed by atoms with Crippen LogP contribution >= 0.6 is 0 Å². The smallest absolute Gasteiger partial charge is 0.379 e. The number of fused-ring (bicyclic) bond motifs is 1. The molecule has 0 saturated heterocycles. The molecule has 0 aliphatic heterocycles. The van der Waals surface area contributed by atoms with Gasteiger partial charge in [0.2, 0.25) is 0 Å². The Kier molecular flexibility index (Phi) is 8.51. The van der Waals surface area contributed by atoms with Gasteiger partial charge in [-0.2, -0.15) is 0 Å². The van der Waals surface area contributed by atoms with E-state index < -0.39 is 34.7 Å². The van der Waals surface area contributed by atoms with E-state index in [1.54, 1.807) is 35.8 Å². The highest BCUT2D eigenvalue weighted by molar-refractivity contribution is 6.39. The van der Waals surface area contributed by atoms with Gasteiger partial charge in [0.25, 0.3) is 5.78 Å². The summed E-state index contributed by atoms with van der Waals surface area (Å²) in [5.41, 5.74) is 0.894. The fourth-order valence-corrected chi connectivity index (χ4v) is 3.44. The molecule has 0 amide bonds. The largest absolute Gasteiger partial charge is 0.507 e. The average Bonchev–Trinajstić information content (AvgIpc) is 2.86. The molecular weight excluding hydrogens is 469 g/mol. The second kappa shape index (κ2) is 11.7. The molecular formula is C27H24FNO7. The molecule has 3 aromatic rings. The second-order valence-electron chi connectivity index (χ2n) is 7.60. The standard InChI is InChI=1S/C27H24FNO7/c1-3-35-25(32)12-8-17-7-11-22-20(13-17)26(33)21(23(30)14-24(31)27(34)36-4-2)16-29(22)15-18-5-9-19(28)10-6-18/h5-14,16,30H,3-4,15H2,1-2H3/b12-8+,23-14?. The molecule has 8 nitrogen and oxygen atoms in total. The molecule has 186 valence electrons. The van der Waals surface area contributed by atoms with Gasteiger partial charge < -0.3 is 19.1 Å². The SMILES string of the molecule is CCOC(=O)/C=C/c1ccc2c(c1)c(=O)c(C(O)=CC(=O)C(=O)OCC)cn2Cc1ccc(F)cc1. The summed E-state index contributed by atoms with van der Waals surface area (Å²) < 4.78 is 24.5. The Bertz CT molecular complexity index is 1420. The van der Waals surface area contributed by atoms with Gasteiger partial charge in [-0.05, 0) is 55.3 Å². The van der Waals surface area contributed by atoms with Crippen molar-refractivity contribution in [2.45, 2.75) is 20.4 Å². The van der Waals surface area contributed by atoms with Crippen LogP contribution in [0.1, 0.15) is 30.5 Å². The Hall–Kier alpha value is -4.53.